The maximum atomic E-state index is 5.77. The molecule has 1 heteroatoms. The van der Waals surface area contributed by atoms with E-state index < -0.39 is 0 Å². The molecule has 0 spiro atoms. The molecule has 0 saturated heterocycles. The van der Waals surface area contributed by atoms with Gasteiger partial charge in [0.05, 0.1) is 0 Å². The van der Waals surface area contributed by atoms with E-state index in [9.17, 15) is 0 Å². The Hall–Kier alpha value is -0.300. The van der Waals surface area contributed by atoms with Crippen molar-refractivity contribution < 1.29 is 0 Å². The van der Waals surface area contributed by atoms with Gasteiger partial charge in [0.15, 0.2) is 0 Å². The largest absolute Gasteiger partial charge is 0.328 e. The molecule has 0 heterocycles. The van der Waals surface area contributed by atoms with Crippen LogP contribution in [0.1, 0.15) is 91.9 Å². The Morgan fingerprint density at radius 2 is 2.05 bits per heavy atom. The fourth-order valence-corrected chi connectivity index (χ4v) is 3.71. The first-order valence-corrected chi connectivity index (χ1v) is 8.86. The predicted molar refractivity (Wildman–Crippen MR) is 90.8 cm³/mol. The third-order valence-corrected chi connectivity index (χ3v) is 5.00. The minimum Gasteiger partial charge on any atom is -0.328 e. The zero-order valence-corrected chi connectivity index (χ0v) is 14.4. The van der Waals surface area contributed by atoms with E-state index in [4.69, 9.17) is 5.73 Å². The molecule has 1 aliphatic rings. The molecular formula is C19H37N. The Morgan fingerprint density at radius 3 is 2.65 bits per heavy atom. The lowest BCUT2D eigenvalue weighted by atomic mass is 9.60. The molecule has 1 atom stereocenters. The average Bonchev–Trinajstić information content (AvgIpc) is 2.33. The lowest BCUT2D eigenvalue weighted by Crippen LogP contribution is -2.34. The van der Waals surface area contributed by atoms with Crippen molar-refractivity contribution in [3.63, 3.8) is 0 Å². The van der Waals surface area contributed by atoms with Crippen molar-refractivity contribution in [2.45, 2.75) is 97.9 Å². The molecule has 0 amide bonds. The van der Waals surface area contributed by atoms with Crippen LogP contribution in [0.5, 0.6) is 0 Å². The van der Waals surface area contributed by atoms with Crippen LogP contribution in [0, 0.1) is 11.3 Å². The molecule has 1 rings (SSSR count). The van der Waals surface area contributed by atoms with Crippen LogP contribution in [0.4, 0.5) is 0 Å². The SMILES string of the molecule is CCCCC1(C)CC(CCCC(C)=CCCC(C)N)C1. The number of rotatable bonds is 10. The van der Waals surface area contributed by atoms with Gasteiger partial charge in [-0.1, -0.05) is 44.8 Å². The van der Waals surface area contributed by atoms with Crippen LogP contribution in [0.3, 0.4) is 0 Å². The van der Waals surface area contributed by atoms with Gasteiger partial charge in [0.2, 0.25) is 0 Å². The fourth-order valence-electron chi connectivity index (χ4n) is 3.71. The highest BCUT2D eigenvalue weighted by atomic mass is 14.6. The lowest BCUT2D eigenvalue weighted by Gasteiger charge is -2.46. The topological polar surface area (TPSA) is 26.0 Å². The zero-order chi connectivity index (χ0) is 15.0. The molecule has 0 bridgehead atoms. The third-order valence-electron chi connectivity index (χ3n) is 5.00. The predicted octanol–water partition coefficient (Wildman–Crippen LogP) is 5.84. The second kappa shape index (κ2) is 8.87. The Kier molecular flexibility index (Phi) is 7.87. The molecule has 0 aromatic heterocycles. The summed E-state index contributed by atoms with van der Waals surface area (Å²) in [5.41, 5.74) is 8.04. The lowest BCUT2D eigenvalue weighted by molar-refractivity contribution is 0.0560. The van der Waals surface area contributed by atoms with E-state index in [-0.39, 0.29) is 0 Å². The number of nitrogens with two attached hydrogens (primary N) is 1. The van der Waals surface area contributed by atoms with Crippen molar-refractivity contribution in [1.82, 2.24) is 0 Å². The highest BCUT2D eigenvalue weighted by Gasteiger charge is 2.38. The van der Waals surface area contributed by atoms with Crippen molar-refractivity contribution in [2.75, 3.05) is 0 Å². The maximum Gasteiger partial charge on any atom is 0.00134 e. The summed E-state index contributed by atoms with van der Waals surface area (Å²) >= 11 is 0. The molecule has 1 fully saturated rings. The number of allylic oxidation sites excluding steroid dienone is 2. The normalized spacial score (nSPS) is 28.2. The molecule has 2 N–H and O–H groups in total. The summed E-state index contributed by atoms with van der Waals surface area (Å²) in [6, 6.07) is 0.342. The van der Waals surface area contributed by atoms with Gasteiger partial charge in [0.25, 0.3) is 0 Å². The molecule has 0 radical (unpaired) electrons. The second-order valence-corrected chi connectivity index (χ2v) is 7.69. The Balaban J connectivity index is 2.05. The van der Waals surface area contributed by atoms with Crippen LogP contribution in [-0.4, -0.2) is 6.04 Å². The van der Waals surface area contributed by atoms with Gasteiger partial charge < -0.3 is 5.73 Å². The smallest absolute Gasteiger partial charge is 0.00134 e. The molecular weight excluding hydrogens is 242 g/mol. The Bertz CT molecular complexity index is 284. The van der Waals surface area contributed by atoms with Gasteiger partial charge in [-0.25, -0.2) is 0 Å². The first kappa shape index (κ1) is 17.8. The molecule has 0 aliphatic heterocycles. The van der Waals surface area contributed by atoms with Crippen molar-refractivity contribution in [1.29, 1.82) is 0 Å². The summed E-state index contributed by atoms with van der Waals surface area (Å²) in [6.45, 7) is 9.18. The van der Waals surface area contributed by atoms with Crippen LogP contribution >= 0.6 is 0 Å². The van der Waals surface area contributed by atoms with Crippen molar-refractivity contribution >= 4 is 0 Å². The molecule has 1 unspecified atom stereocenters. The number of unbranched alkanes of at least 4 members (excludes halogenated alkanes) is 1. The summed E-state index contributed by atoms with van der Waals surface area (Å²) in [7, 11) is 0. The van der Waals surface area contributed by atoms with Crippen LogP contribution < -0.4 is 5.73 Å². The van der Waals surface area contributed by atoms with E-state index in [0.29, 0.717) is 11.5 Å². The molecule has 1 nitrogen and oxygen atoms in total. The van der Waals surface area contributed by atoms with E-state index in [2.05, 4.69) is 33.8 Å². The van der Waals surface area contributed by atoms with Crippen LogP contribution in [0.2, 0.25) is 0 Å². The van der Waals surface area contributed by atoms with Gasteiger partial charge in [-0.05, 0) is 70.1 Å². The standard InChI is InChI=1S/C19H37N/c1-5-6-13-19(4)14-18(15-19)12-8-10-16(2)9-7-11-17(3)20/h9,17-18H,5-8,10-15,20H2,1-4H3. The number of hydrogen-bond donors (Lipinski definition) is 1. The second-order valence-electron chi connectivity index (χ2n) is 7.69. The minimum atomic E-state index is 0.342. The molecule has 0 aromatic rings. The van der Waals surface area contributed by atoms with Gasteiger partial charge >= 0.3 is 0 Å². The van der Waals surface area contributed by atoms with Gasteiger partial charge in [0, 0.05) is 6.04 Å². The van der Waals surface area contributed by atoms with Gasteiger partial charge in [-0.2, -0.15) is 0 Å². The van der Waals surface area contributed by atoms with Crippen LogP contribution in [0.15, 0.2) is 11.6 Å². The first-order chi connectivity index (χ1) is 9.45. The van der Waals surface area contributed by atoms with E-state index >= 15 is 0 Å². The van der Waals surface area contributed by atoms with Crippen LogP contribution in [-0.2, 0) is 0 Å². The zero-order valence-electron chi connectivity index (χ0n) is 14.4. The fraction of sp³-hybridized carbons (Fsp3) is 0.895. The van der Waals surface area contributed by atoms with E-state index in [1.165, 1.54) is 51.4 Å². The first-order valence-electron chi connectivity index (χ1n) is 8.86. The molecule has 20 heavy (non-hydrogen) atoms. The van der Waals surface area contributed by atoms with Gasteiger partial charge in [-0.15, -0.1) is 0 Å². The van der Waals surface area contributed by atoms with Crippen molar-refractivity contribution in [2.24, 2.45) is 17.1 Å². The van der Waals surface area contributed by atoms with Gasteiger partial charge in [-0.3, -0.25) is 0 Å². The Morgan fingerprint density at radius 1 is 1.35 bits per heavy atom. The van der Waals surface area contributed by atoms with Crippen LogP contribution in [0.25, 0.3) is 0 Å². The van der Waals surface area contributed by atoms with Gasteiger partial charge in [0.1, 0.15) is 0 Å². The summed E-state index contributed by atoms with van der Waals surface area (Å²) in [5.74, 6) is 1.02. The maximum absolute atomic E-state index is 5.77. The highest BCUT2D eigenvalue weighted by molar-refractivity contribution is 4.98. The molecule has 118 valence electrons. The van der Waals surface area contributed by atoms with Crippen molar-refractivity contribution in [3.8, 4) is 0 Å². The molecule has 1 saturated carbocycles. The van der Waals surface area contributed by atoms with E-state index in [1.807, 2.05) is 0 Å². The monoisotopic (exact) mass is 279 g/mol. The molecule has 0 aromatic carbocycles. The summed E-state index contributed by atoms with van der Waals surface area (Å²) in [4.78, 5) is 0. The molecule has 1 aliphatic carbocycles. The third kappa shape index (κ3) is 6.92. The highest BCUT2D eigenvalue weighted by Crippen LogP contribution is 2.50. The minimum absolute atomic E-state index is 0.342. The Labute approximate surface area is 127 Å². The van der Waals surface area contributed by atoms with E-state index in [1.54, 1.807) is 5.57 Å². The van der Waals surface area contributed by atoms with E-state index in [0.717, 1.165) is 18.8 Å². The summed E-state index contributed by atoms with van der Waals surface area (Å²) in [6.07, 6.45) is 16.0. The number of hydrogen-bond acceptors (Lipinski definition) is 1. The summed E-state index contributed by atoms with van der Waals surface area (Å²) < 4.78 is 0. The summed E-state index contributed by atoms with van der Waals surface area (Å²) in [5, 5.41) is 0. The van der Waals surface area contributed by atoms with Crippen molar-refractivity contribution in [3.05, 3.63) is 11.6 Å². The quantitative estimate of drug-likeness (QED) is 0.500. The average molecular weight is 280 g/mol.